The normalized spacial score (nSPS) is 11.0. The van der Waals surface area contributed by atoms with Gasteiger partial charge in [0.1, 0.15) is 0 Å². The summed E-state index contributed by atoms with van der Waals surface area (Å²) in [5.41, 5.74) is 15.6. The van der Waals surface area contributed by atoms with Gasteiger partial charge in [0, 0.05) is 41.8 Å². The minimum absolute atomic E-state index is 0. The number of para-hydroxylation sites is 1. The Balaban J connectivity index is 0.00000469. The van der Waals surface area contributed by atoms with Crippen molar-refractivity contribution in [2.24, 2.45) is 0 Å². The number of aromatic nitrogens is 6. The molecule has 0 aliphatic heterocycles. The van der Waals surface area contributed by atoms with Gasteiger partial charge in [-0.25, -0.2) is 0 Å². The average molecular weight is 933 g/mol. The Morgan fingerprint density at radius 1 is 0.483 bits per heavy atom. The quantitative estimate of drug-likeness (QED) is 0.135. The number of aryl methyl sites for hydroxylation is 4. The third-order valence-corrected chi connectivity index (χ3v) is 10.4. The van der Waals surface area contributed by atoms with E-state index in [1.54, 1.807) is 0 Å². The molecule has 0 saturated heterocycles. The van der Waals surface area contributed by atoms with Gasteiger partial charge in [-0.05, 0) is 132 Å². The maximum absolute atomic E-state index is 4.81. The molecule has 0 atom stereocenters. The number of hydrogen-bond acceptors (Lipinski definition) is 5. The minimum Gasteiger partial charge on any atom is -0.358 e. The molecule has 58 heavy (non-hydrogen) atoms. The van der Waals surface area contributed by atoms with Gasteiger partial charge >= 0.3 is 21.1 Å². The third-order valence-electron chi connectivity index (χ3n) is 10.4. The first kappa shape index (κ1) is 38.2. The Morgan fingerprint density at radius 2 is 0.914 bits per heavy atom. The molecular weight excluding hydrogens is 894 g/mol. The molecule has 0 amide bonds. The van der Waals surface area contributed by atoms with Crippen LogP contribution in [0, 0.1) is 39.8 Å². The molecule has 9 aromatic rings. The number of hydrogen-bond donors (Lipinski definition) is 0. The summed E-state index contributed by atoms with van der Waals surface area (Å²) in [7, 11) is 0. The number of benzene rings is 5. The van der Waals surface area contributed by atoms with Crippen LogP contribution in [0.2, 0.25) is 0 Å². The summed E-state index contributed by atoms with van der Waals surface area (Å²) >= 11 is 0. The smallest absolute Gasteiger partial charge is 0.358 e. The van der Waals surface area contributed by atoms with E-state index in [2.05, 4.69) is 151 Å². The SMILES string of the molecule is Cc1cccc(C)c1-c1cccc(-n2ccnc2-c2[c-]c(N(c3[c-]c(-c4nccn4-c4cccc(-c5c(C)cccc5C)c4)cnc3)c3ccccc3)cnc2)c1.[Pt+2]. The van der Waals surface area contributed by atoms with Gasteiger partial charge in [-0.3, -0.25) is 9.97 Å². The van der Waals surface area contributed by atoms with Crippen LogP contribution in [0.25, 0.3) is 56.4 Å². The van der Waals surface area contributed by atoms with Crippen molar-refractivity contribution in [2.75, 3.05) is 4.90 Å². The summed E-state index contributed by atoms with van der Waals surface area (Å²) in [6, 6.07) is 47.4. The van der Waals surface area contributed by atoms with Crippen LogP contribution in [-0.2, 0) is 21.1 Å². The Morgan fingerprint density at radius 3 is 1.36 bits per heavy atom. The van der Waals surface area contributed by atoms with Crippen LogP contribution in [0.15, 0.2) is 165 Å². The zero-order chi connectivity index (χ0) is 38.9. The predicted molar refractivity (Wildman–Crippen MR) is 229 cm³/mol. The van der Waals surface area contributed by atoms with Gasteiger partial charge in [0.25, 0.3) is 0 Å². The fourth-order valence-corrected chi connectivity index (χ4v) is 7.79. The molecule has 0 spiro atoms. The Hall–Kier alpha value is -6.69. The summed E-state index contributed by atoms with van der Waals surface area (Å²) in [5.74, 6) is 1.47. The fourth-order valence-electron chi connectivity index (χ4n) is 7.79. The van der Waals surface area contributed by atoms with E-state index in [0.717, 1.165) is 62.3 Å². The molecule has 8 heteroatoms. The summed E-state index contributed by atoms with van der Waals surface area (Å²) in [5, 5.41) is 0. The van der Waals surface area contributed by atoms with Gasteiger partial charge in [-0.1, -0.05) is 102 Å². The molecule has 0 saturated carbocycles. The van der Waals surface area contributed by atoms with Crippen LogP contribution in [0.5, 0.6) is 0 Å². The van der Waals surface area contributed by atoms with Gasteiger partial charge in [0.15, 0.2) is 0 Å². The number of rotatable bonds is 9. The van der Waals surface area contributed by atoms with Crippen LogP contribution in [0.4, 0.5) is 17.1 Å². The molecule has 4 heterocycles. The van der Waals surface area contributed by atoms with Crippen molar-refractivity contribution < 1.29 is 21.1 Å². The molecule has 0 N–H and O–H groups in total. The Labute approximate surface area is 353 Å². The van der Waals surface area contributed by atoms with E-state index >= 15 is 0 Å². The Kier molecular flexibility index (Phi) is 10.8. The predicted octanol–water partition coefficient (Wildman–Crippen LogP) is 11.8. The van der Waals surface area contributed by atoms with Gasteiger partial charge in [0.05, 0.1) is 11.6 Å². The van der Waals surface area contributed by atoms with Gasteiger partial charge in [-0.15, -0.1) is 12.1 Å². The van der Waals surface area contributed by atoms with E-state index in [0.29, 0.717) is 0 Å². The van der Waals surface area contributed by atoms with E-state index in [9.17, 15) is 0 Å². The summed E-state index contributed by atoms with van der Waals surface area (Å²) in [6.45, 7) is 8.63. The largest absolute Gasteiger partial charge is 2.00 e. The maximum atomic E-state index is 4.81. The van der Waals surface area contributed by atoms with Crippen molar-refractivity contribution in [3.63, 3.8) is 0 Å². The van der Waals surface area contributed by atoms with E-state index < -0.39 is 0 Å². The van der Waals surface area contributed by atoms with Crippen LogP contribution >= 0.6 is 0 Å². The zero-order valence-corrected chi connectivity index (χ0v) is 34.8. The molecule has 0 fully saturated rings. The molecule has 0 bridgehead atoms. The van der Waals surface area contributed by atoms with Crippen molar-refractivity contribution in [1.82, 2.24) is 29.1 Å². The maximum Gasteiger partial charge on any atom is 2.00 e. The van der Waals surface area contributed by atoms with Crippen molar-refractivity contribution in [2.45, 2.75) is 27.7 Å². The molecular formula is C50H39N7Pt. The molecule has 5 aromatic carbocycles. The zero-order valence-electron chi connectivity index (χ0n) is 32.5. The Bertz CT molecular complexity index is 2660. The van der Waals surface area contributed by atoms with Crippen LogP contribution < -0.4 is 4.90 Å². The first-order valence-electron chi connectivity index (χ1n) is 18.9. The molecule has 9 rings (SSSR count). The first-order chi connectivity index (χ1) is 27.9. The second-order valence-corrected chi connectivity index (χ2v) is 14.2. The third kappa shape index (κ3) is 7.33. The van der Waals surface area contributed by atoms with E-state index in [1.807, 2.05) is 67.8 Å². The summed E-state index contributed by atoms with van der Waals surface area (Å²) in [6.07, 6.45) is 14.8. The van der Waals surface area contributed by atoms with Gasteiger partial charge < -0.3 is 24.0 Å². The van der Waals surface area contributed by atoms with Crippen molar-refractivity contribution >= 4 is 17.1 Å². The molecule has 0 radical (unpaired) electrons. The number of pyridine rings is 2. The summed E-state index contributed by atoms with van der Waals surface area (Å²) < 4.78 is 4.18. The number of anilines is 3. The first-order valence-corrected chi connectivity index (χ1v) is 18.9. The topological polar surface area (TPSA) is 64.7 Å². The van der Waals surface area contributed by atoms with E-state index in [4.69, 9.17) is 19.9 Å². The molecule has 7 nitrogen and oxygen atoms in total. The molecule has 4 aromatic heterocycles. The van der Waals surface area contributed by atoms with Crippen LogP contribution in [-0.4, -0.2) is 29.1 Å². The van der Waals surface area contributed by atoms with Crippen molar-refractivity contribution in [1.29, 1.82) is 0 Å². The van der Waals surface area contributed by atoms with Gasteiger partial charge in [-0.2, -0.15) is 0 Å². The summed E-state index contributed by atoms with van der Waals surface area (Å²) in [4.78, 5) is 21.1. The molecule has 284 valence electrons. The van der Waals surface area contributed by atoms with Crippen LogP contribution in [0.3, 0.4) is 0 Å². The average Bonchev–Trinajstić information content (AvgIpc) is 3.94. The van der Waals surface area contributed by atoms with Crippen molar-refractivity contribution in [3.05, 3.63) is 199 Å². The van der Waals surface area contributed by atoms with Crippen molar-refractivity contribution in [3.8, 4) is 56.4 Å². The molecule has 0 aliphatic rings. The van der Waals surface area contributed by atoms with E-state index in [-0.39, 0.29) is 21.1 Å². The van der Waals surface area contributed by atoms with Crippen LogP contribution in [0.1, 0.15) is 22.3 Å². The monoisotopic (exact) mass is 932 g/mol. The molecule has 0 unspecified atom stereocenters. The second kappa shape index (κ2) is 16.4. The number of imidazole rings is 2. The minimum atomic E-state index is 0. The molecule has 0 aliphatic carbocycles. The fraction of sp³-hybridized carbons (Fsp3) is 0.0800. The standard InChI is InChI=1S/C50H39N7.Pt/c1-34-12-8-13-35(2)47(34)38-16-10-20-43(26-38)55-24-22-53-49(55)40-28-45(32-51-30-40)57(42-18-6-5-7-19-42)46-29-41(31-52-33-46)50-54-23-25-56(50)44-21-11-17-39(27-44)48-36(3)14-9-15-37(48)4;/h5-27,30-33H,1-4H3;/q-2;+2. The second-order valence-electron chi connectivity index (χ2n) is 14.2. The van der Waals surface area contributed by atoms with Gasteiger partial charge in [0.2, 0.25) is 0 Å². The van der Waals surface area contributed by atoms with E-state index in [1.165, 1.54) is 33.4 Å². The number of nitrogens with zero attached hydrogens (tertiary/aromatic N) is 7.